The first kappa shape index (κ1) is 21.6. The van der Waals surface area contributed by atoms with Crippen LogP contribution in [0.4, 0.5) is 5.69 Å². The molecule has 0 bridgehead atoms. The second-order valence-corrected chi connectivity index (χ2v) is 8.37. The maximum Gasteiger partial charge on any atom is 0.266 e. The molecule has 0 radical (unpaired) electrons. The average Bonchev–Trinajstić information content (AvgIpc) is 2.86. The van der Waals surface area contributed by atoms with Crippen LogP contribution in [0.15, 0.2) is 76.7 Å². The summed E-state index contributed by atoms with van der Waals surface area (Å²) in [5.74, 6) is 0.279. The van der Waals surface area contributed by atoms with E-state index in [-0.39, 0.29) is 24.0 Å². The van der Waals surface area contributed by atoms with Crippen LogP contribution in [-0.4, -0.2) is 34.0 Å². The van der Waals surface area contributed by atoms with E-state index in [2.05, 4.69) is 15.6 Å². The van der Waals surface area contributed by atoms with Crippen molar-refractivity contribution in [2.75, 3.05) is 12.5 Å². The van der Waals surface area contributed by atoms with Crippen molar-refractivity contribution < 1.29 is 14.3 Å². The zero-order valence-corrected chi connectivity index (χ0v) is 18.7. The lowest BCUT2D eigenvalue weighted by molar-refractivity contribution is -0.130. The number of ether oxygens (including phenoxy) is 1. The molecule has 8 heteroatoms. The number of hydrogen-bond donors (Lipinski definition) is 2. The van der Waals surface area contributed by atoms with E-state index in [9.17, 15) is 14.4 Å². The van der Waals surface area contributed by atoms with Crippen LogP contribution in [-0.2, 0) is 9.59 Å². The minimum Gasteiger partial charge on any atom is -0.497 e. The third-order valence-corrected chi connectivity index (χ3v) is 6.28. The van der Waals surface area contributed by atoms with Gasteiger partial charge >= 0.3 is 0 Å². The molecule has 1 amide bonds. The van der Waals surface area contributed by atoms with Gasteiger partial charge in [0.05, 0.1) is 18.5 Å². The SMILES string of the molecule is COc1ccc([C@H]2CC(=O)N(Nc3cc(=O)[nH]nc3-c3ccccc3)C3=C2C(=O)CCC3)cc1. The fraction of sp³-hybridized carbons (Fsp3) is 0.231. The van der Waals surface area contributed by atoms with Gasteiger partial charge in [0.2, 0.25) is 5.91 Å². The molecule has 34 heavy (non-hydrogen) atoms. The lowest BCUT2D eigenvalue weighted by atomic mass is 9.77. The van der Waals surface area contributed by atoms with Crippen molar-refractivity contribution >= 4 is 17.4 Å². The number of aromatic amines is 1. The second-order valence-electron chi connectivity index (χ2n) is 8.37. The molecule has 1 aromatic heterocycles. The normalized spacial score (nSPS) is 18.0. The summed E-state index contributed by atoms with van der Waals surface area (Å²) in [5, 5.41) is 8.11. The van der Waals surface area contributed by atoms with Gasteiger partial charge in [-0.15, -0.1) is 0 Å². The molecule has 0 fully saturated rings. The first-order valence-electron chi connectivity index (χ1n) is 11.2. The van der Waals surface area contributed by atoms with Crippen molar-refractivity contribution in [3.05, 3.63) is 87.9 Å². The standard InChI is InChI=1S/C26H24N4O4/c1-34-18-12-10-16(11-13-18)19-14-24(33)30(21-8-5-9-22(31)25(19)21)29-20-15-23(32)27-28-26(20)17-6-3-2-4-7-17/h2-4,6-7,10-13,15,19H,5,8-9,14H2,1H3,(H2,27,29,32)/t19-/m1/s1. The Morgan fingerprint density at radius 2 is 1.79 bits per heavy atom. The predicted octanol–water partition coefficient (Wildman–Crippen LogP) is 3.80. The van der Waals surface area contributed by atoms with Gasteiger partial charge in [-0.2, -0.15) is 5.10 Å². The number of nitrogens with zero attached hydrogens (tertiary/aromatic N) is 2. The number of hydrogen-bond acceptors (Lipinski definition) is 6. The summed E-state index contributed by atoms with van der Waals surface area (Å²) in [5.41, 5.74) is 6.64. The third kappa shape index (κ3) is 3.98. The van der Waals surface area contributed by atoms with E-state index in [0.29, 0.717) is 47.7 Å². The summed E-state index contributed by atoms with van der Waals surface area (Å²) in [4.78, 5) is 38.5. The van der Waals surface area contributed by atoms with Crippen LogP contribution in [0.1, 0.15) is 37.2 Å². The molecule has 0 spiro atoms. The average molecular weight is 457 g/mol. The summed E-state index contributed by atoms with van der Waals surface area (Å²) < 4.78 is 5.25. The Bertz CT molecular complexity index is 1330. The Balaban J connectivity index is 1.56. The van der Waals surface area contributed by atoms with Crippen LogP contribution >= 0.6 is 0 Å². The van der Waals surface area contributed by atoms with Gasteiger partial charge in [-0.25, -0.2) is 10.1 Å². The highest BCUT2D eigenvalue weighted by atomic mass is 16.5. The van der Waals surface area contributed by atoms with Crippen molar-refractivity contribution in [2.45, 2.75) is 31.6 Å². The number of ketones is 1. The van der Waals surface area contributed by atoms with Crippen molar-refractivity contribution in [1.29, 1.82) is 0 Å². The number of anilines is 1. The highest BCUT2D eigenvalue weighted by Crippen LogP contribution is 2.42. The number of rotatable bonds is 5. The van der Waals surface area contributed by atoms with Crippen molar-refractivity contribution in [2.24, 2.45) is 0 Å². The number of methoxy groups -OCH3 is 1. The fourth-order valence-electron chi connectivity index (χ4n) is 4.67. The van der Waals surface area contributed by atoms with E-state index < -0.39 is 5.56 Å². The van der Waals surface area contributed by atoms with Crippen molar-refractivity contribution in [3.8, 4) is 17.0 Å². The molecule has 0 saturated heterocycles. The number of amides is 1. The number of H-pyrrole nitrogens is 1. The third-order valence-electron chi connectivity index (χ3n) is 6.28. The summed E-state index contributed by atoms with van der Waals surface area (Å²) in [6, 6.07) is 18.2. The first-order valence-corrected chi connectivity index (χ1v) is 11.2. The molecule has 2 aliphatic rings. The zero-order valence-electron chi connectivity index (χ0n) is 18.7. The Labute approximate surface area is 196 Å². The van der Waals surface area contributed by atoms with E-state index >= 15 is 0 Å². The number of carbonyl (C=O) groups excluding carboxylic acids is 2. The molecule has 5 rings (SSSR count). The van der Waals surface area contributed by atoms with E-state index in [1.54, 1.807) is 7.11 Å². The molecule has 1 aliphatic carbocycles. The van der Waals surface area contributed by atoms with Gasteiger partial charge in [0.15, 0.2) is 5.78 Å². The molecular formula is C26H24N4O4. The van der Waals surface area contributed by atoms with Gasteiger partial charge in [-0.3, -0.25) is 19.8 Å². The molecule has 2 aromatic carbocycles. The summed E-state index contributed by atoms with van der Waals surface area (Å²) in [7, 11) is 1.60. The number of Topliss-reactive ketones (excluding diaryl/α,β-unsaturated/α-hetero) is 1. The molecule has 3 aromatic rings. The molecule has 2 N–H and O–H groups in total. The van der Waals surface area contributed by atoms with Gasteiger partial charge in [0.25, 0.3) is 5.56 Å². The summed E-state index contributed by atoms with van der Waals surface area (Å²) in [6.07, 6.45) is 1.85. The summed E-state index contributed by atoms with van der Waals surface area (Å²) >= 11 is 0. The van der Waals surface area contributed by atoms with Crippen LogP contribution in [0, 0.1) is 0 Å². The lowest BCUT2D eigenvalue weighted by Crippen LogP contribution is -2.43. The molecule has 1 aliphatic heterocycles. The fourth-order valence-corrected chi connectivity index (χ4v) is 4.67. The molecule has 0 saturated carbocycles. The Morgan fingerprint density at radius 3 is 2.53 bits per heavy atom. The lowest BCUT2D eigenvalue weighted by Gasteiger charge is -2.38. The minimum absolute atomic E-state index is 0.0497. The van der Waals surface area contributed by atoms with Gasteiger partial charge in [0.1, 0.15) is 11.4 Å². The predicted molar refractivity (Wildman–Crippen MR) is 127 cm³/mol. The minimum atomic E-state index is -0.392. The number of aromatic nitrogens is 2. The van der Waals surface area contributed by atoms with Gasteiger partial charge < -0.3 is 4.74 Å². The maximum absolute atomic E-state index is 13.4. The van der Waals surface area contributed by atoms with Crippen LogP contribution < -0.4 is 15.7 Å². The van der Waals surface area contributed by atoms with Crippen LogP contribution in [0.2, 0.25) is 0 Å². The second kappa shape index (κ2) is 8.97. The highest BCUT2D eigenvalue weighted by molar-refractivity contribution is 6.01. The maximum atomic E-state index is 13.4. The van der Waals surface area contributed by atoms with E-state index in [1.807, 2.05) is 54.6 Å². The smallest absolute Gasteiger partial charge is 0.266 e. The Morgan fingerprint density at radius 1 is 1.03 bits per heavy atom. The molecule has 8 nitrogen and oxygen atoms in total. The van der Waals surface area contributed by atoms with Crippen molar-refractivity contribution in [1.82, 2.24) is 15.2 Å². The number of nitrogens with one attached hydrogen (secondary N) is 2. The van der Waals surface area contributed by atoms with E-state index in [0.717, 1.165) is 11.1 Å². The zero-order chi connectivity index (χ0) is 23.7. The summed E-state index contributed by atoms with van der Waals surface area (Å²) in [6.45, 7) is 0. The van der Waals surface area contributed by atoms with E-state index in [1.165, 1.54) is 11.1 Å². The Kier molecular flexibility index (Phi) is 5.71. The number of hydrazine groups is 1. The molecule has 172 valence electrons. The number of allylic oxidation sites excluding steroid dienone is 2. The first-order chi connectivity index (χ1) is 16.5. The van der Waals surface area contributed by atoms with Crippen LogP contribution in [0.5, 0.6) is 5.75 Å². The molecule has 1 atom stereocenters. The monoisotopic (exact) mass is 456 g/mol. The van der Waals surface area contributed by atoms with E-state index in [4.69, 9.17) is 4.74 Å². The van der Waals surface area contributed by atoms with Crippen LogP contribution in [0.3, 0.4) is 0 Å². The quantitative estimate of drug-likeness (QED) is 0.605. The Hall–Kier alpha value is -4.20. The molecule has 2 heterocycles. The van der Waals surface area contributed by atoms with Crippen LogP contribution in [0.25, 0.3) is 11.3 Å². The van der Waals surface area contributed by atoms with Gasteiger partial charge in [-0.05, 0) is 30.5 Å². The van der Waals surface area contributed by atoms with Gasteiger partial charge in [0, 0.05) is 36.0 Å². The molecule has 0 unspecified atom stereocenters. The highest BCUT2D eigenvalue weighted by Gasteiger charge is 2.39. The van der Waals surface area contributed by atoms with Gasteiger partial charge in [-0.1, -0.05) is 42.5 Å². The topological polar surface area (TPSA) is 104 Å². The largest absolute Gasteiger partial charge is 0.497 e. The molecular weight excluding hydrogens is 432 g/mol. The number of benzene rings is 2. The number of carbonyl (C=O) groups is 2. The van der Waals surface area contributed by atoms with Crippen molar-refractivity contribution in [3.63, 3.8) is 0 Å².